The predicted octanol–water partition coefficient (Wildman–Crippen LogP) is 6.06. The van der Waals surface area contributed by atoms with Gasteiger partial charge in [0.15, 0.2) is 0 Å². The number of halogens is 3. The molecular formula is C22H24F3N3O2. The Morgan fingerprint density at radius 1 is 1.20 bits per heavy atom. The molecule has 1 atom stereocenters. The van der Waals surface area contributed by atoms with Gasteiger partial charge in [-0.2, -0.15) is 18.4 Å². The Morgan fingerprint density at radius 2 is 1.90 bits per heavy atom. The van der Waals surface area contributed by atoms with Gasteiger partial charge in [0.25, 0.3) is 0 Å². The van der Waals surface area contributed by atoms with Crippen LogP contribution in [0.15, 0.2) is 42.5 Å². The second kappa shape index (κ2) is 10.0. The van der Waals surface area contributed by atoms with Crippen LogP contribution in [0.2, 0.25) is 0 Å². The number of nitriles is 1. The van der Waals surface area contributed by atoms with E-state index in [4.69, 9.17) is 10.00 Å². The van der Waals surface area contributed by atoms with Gasteiger partial charge in [-0.3, -0.25) is 5.32 Å². The Hall–Kier alpha value is -3.21. The molecule has 2 aromatic rings. The number of ether oxygens (including phenoxy) is 1. The molecule has 0 saturated heterocycles. The van der Waals surface area contributed by atoms with E-state index in [9.17, 15) is 18.0 Å². The van der Waals surface area contributed by atoms with Crippen molar-refractivity contribution in [3.8, 4) is 6.07 Å². The summed E-state index contributed by atoms with van der Waals surface area (Å²) in [5.74, 6) is 0. The van der Waals surface area contributed by atoms with Crippen LogP contribution in [0.1, 0.15) is 43.1 Å². The third-order valence-corrected chi connectivity index (χ3v) is 4.69. The normalized spacial score (nSPS) is 12.0. The topological polar surface area (TPSA) is 65.4 Å². The molecule has 30 heavy (non-hydrogen) atoms. The van der Waals surface area contributed by atoms with E-state index in [1.54, 1.807) is 6.07 Å². The first-order valence-electron chi connectivity index (χ1n) is 9.56. The SMILES string of the molecule is CCN(CC)c1ccc(NC(=O)OC(CC#N)c2cccc(C(F)(F)F)c2)c(C)c1. The highest BCUT2D eigenvalue weighted by molar-refractivity contribution is 5.86. The molecule has 0 bridgehead atoms. The molecule has 0 aliphatic heterocycles. The molecule has 0 radical (unpaired) electrons. The molecule has 1 amide bonds. The first-order chi connectivity index (χ1) is 14.2. The number of amides is 1. The number of aryl methyl sites for hydroxylation is 1. The molecule has 5 nitrogen and oxygen atoms in total. The highest BCUT2D eigenvalue weighted by atomic mass is 19.4. The third kappa shape index (κ3) is 5.89. The summed E-state index contributed by atoms with van der Waals surface area (Å²) in [7, 11) is 0. The first kappa shape index (κ1) is 23.1. The molecule has 2 rings (SSSR count). The van der Waals surface area contributed by atoms with E-state index in [-0.39, 0.29) is 12.0 Å². The summed E-state index contributed by atoms with van der Waals surface area (Å²) in [6, 6.07) is 11.8. The summed E-state index contributed by atoms with van der Waals surface area (Å²) in [5.41, 5.74) is 1.59. The van der Waals surface area contributed by atoms with Crippen LogP contribution in [-0.4, -0.2) is 19.2 Å². The summed E-state index contributed by atoms with van der Waals surface area (Å²) in [5, 5.41) is 11.6. The zero-order valence-electron chi connectivity index (χ0n) is 17.1. The molecular weight excluding hydrogens is 395 g/mol. The van der Waals surface area contributed by atoms with Crippen molar-refractivity contribution in [2.75, 3.05) is 23.3 Å². The lowest BCUT2D eigenvalue weighted by molar-refractivity contribution is -0.137. The Morgan fingerprint density at radius 3 is 2.47 bits per heavy atom. The molecule has 0 spiro atoms. The van der Waals surface area contributed by atoms with E-state index >= 15 is 0 Å². The number of nitrogens with zero attached hydrogens (tertiary/aromatic N) is 2. The van der Waals surface area contributed by atoms with Gasteiger partial charge in [-0.15, -0.1) is 0 Å². The third-order valence-electron chi connectivity index (χ3n) is 4.69. The second-order valence-corrected chi connectivity index (χ2v) is 6.68. The zero-order chi connectivity index (χ0) is 22.3. The van der Waals surface area contributed by atoms with Crippen LogP contribution >= 0.6 is 0 Å². The van der Waals surface area contributed by atoms with Crippen LogP contribution < -0.4 is 10.2 Å². The Bertz CT molecular complexity index is 919. The number of hydrogen-bond donors (Lipinski definition) is 1. The quantitative estimate of drug-likeness (QED) is 0.592. The van der Waals surface area contributed by atoms with E-state index in [0.717, 1.165) is 36.5 Å². The summed E-state index contributed by atoms with van der Waals surface area (Å²) in [4.78, 5) is 14.5. The fourth-order valence-corrected chi connectivity index (χ4v) is 3.07. The lowest BCUT2D eigenvalue weighted by Gasteiger charge is -2.22. The average Bonchev–Trinajstić information content (AvgIpc) is 2.70. The minimum Gasteiger partial charge on any atom is -0.440 e. The Labute approximate surface area is 174 Å². The highest BCUT2D eigenvalue weighted by Crippen LogP contribution is 2.32. The molecule has 2 aromatic carbocycles. The van der Waals surface area contributed by atoms with E-state index in [0.29, 0.717) is 5.69 Å². The molecule has 1 unspecified atom stereocenters. The second-order valence-electron chi connectivity index (χ2n) is 6.68. The van der Waals surface area contributed by atoms with Crippen molar-refractivity contribution in [3.63, 3.8) is 0 Å². The number of benzene rings is 2. The number of rotatable bonds is 7. The van der Waals surface area contributed by atoms with E-state index in [1.165, 1.54) is 12.1 Å². The van der Waals surface area contributed by atoms with E-state index in [1.807, 2.05) is 39.0 Å². The van der Waals surface area contributed by atoms with Crippen molar-refractivity contribution in [3.05, 3.63) is 59.2 Å². The molecule has 0 aliphatic carbocycles. The maximum atomic E-state index is 13.0. The number of carbonyl (C=O) groups excluding carboxylic acids is 1. The van der Waals surface area contributed by atoms with Gasteiger partial charge in [0.2, 0.25) is 0 Å². The predicted molar refractivity (Wildman–Crippen MR) is 109 cm³/mol. The first-order valence-corrected chi connectivity index (χ1v) is 9.56. The number of anilines is 2. The molecule has 0 saturated carbocycles. The van der Waals surface area contributed by atoms with Crippen molar-refractivity contribution in [2.45, 2.75) is 39.5 Å². The highest BCUT2D eigenvalue weighted by Gasteiger charge is 2.31. The molecule has 0 aliphatic rings. The Balaban J connectivity index is 2.16. The van der Waals surface area contributed by atoms with Gasteiger partial charge in [-0.25, -0.2) is 4.79 Å². The fraction of sp³-hybridized carbons (Fsp3) is 0.364. The summed E-state index contributed by atoms with van der Waals surface area (Å²) in [6.45, 7) is 7.62. The molecule has 0 aromatic heterocycles. The average molecular weight is 419 g/mol. The molecule has 0 fully saturated rings. The largest absolute Gasteiger partial charge is 0.440 e. The van der Waals surface area contributed by atoms with E-state index < -0.39 is 23.9 Å². The minimum atomic E-state index is -4.53. The lowest BCUT2D eigenvalue weighted by atomic mass is 10.0. The van der Waals surface area contributed by atoms with Crippen molar-refractivity contribution in [2.24, 2.45) is 0 Å². The van der Waals surface area contributed by atoms with Crippen LogP contribution in [0, 0.1) is 18.3 Å². The number of carbonyl (C=O) groups is 1. The van der Waals surface area contributed by atoms with Crippen molar-refractivity contribution >= 4 is 17.5 Å². The lowest BCUT2D eigenvalue weighted by Crippen LogP contribution is -2.22. The molecule has 0 heterocycles. The van der Waals surface area contributed by atoms with Gasteiger partial charge in [0, 0.05) is 24.5 Å². The van der Waals surface area contributed by atoms with Gasteiger partial charge in [-0.05, 0) is 62.2 Å². The maximum Gasteiger partial charge on any atom is 0.416 e. The standard InChI is InChI=1S/C22H24F3N3O2/c1-4-28(5-2)18-9-10-19(15(3)13-18)27-21(29)30-20(11-12-26)16-7-6-8-17(14-16)22(23,24)25/h6-10,13-14,20H,4-5,11H2,1-3H3,(H,27,29). The van der Waals surface area contributed by atoms with Gasteiger partial charge in [-0.1, -0.05) is 12.1 Å². The number of nitrogens with one attached hydrogen (secondary N) is 1. The molecule has 160 valence electrons. The minimum absolute atomic E-state index is 0.107. The van der Waals surface area contributed by atoms with Gasteiger partial charge in [0.1, 0.15) is 6.10 Å². The number of alkyl halides is 3. The van der Waals surface area contributed by atoms with Crippen molar-refractivity contribution in [1.82, 2.24) is 0 Å². The Kier molecular flexibility index (Phi) is 7.70. The van der Waals surface area contributed by atoms with Crippen LogP contribution in [-0.2, 0) is 10.9 Å². The van der Waals surface area contributed by atoms with E-state index in [2.05, 4.69) is 10.2 Å². The van der Waals surface area contributed by atoms with Crippen LogP contribution in [0.3, 0.4) is 0 Å². The summed E-state index contributed by atoms with van der Waals surface area (Å²) < 4.78 is 44.2. The maximum absolute atomic E-state index is 13.0. The van der Waals surface area contributed by atoms with Gasteiger partial charge < -0.3 is 9.64 Å². The molecule has 1 N–H and O–H groups in total. The zero-order valence-corrected chi connectivity index (χ0v) is 17.1. The summed E-state index contributed by atoms with van der Waals surface area (Å²) in [6.07, 6.45) is -6.76. The monoisotopic (exact) mass is 419 g/mol. The van der Waals surface area contributed by atoms with Crippen LogP contribution in [0.5, 0.6) is 0 Å². The van der Waals surface area contributed by atoms with Crippen molar-refractivity contribution < 1.29 is 22.7 Å². The number of hydrogen-bond acceptors (Lipinski definition) is 4. The van der Waals surface area contributed by atoms with Crippen LogP contribution in [0.25, 0.3) is 0 Å². The molecule has 8 heteroatoms. The summed E-state index contributed by atoms with van der Waals surface area (Å²) >= 11 is 0. The van der Waals surface area contributed by atoms with Crippen LogP contribution in [0.4, 0.5) is 29.3 Å². The van der Waals surface area contributed by atoms with Gasteiger partial charge in [0.05, 0.1) is 18.1 Å². The smallest absolute Gasteiger partial charge is 0.416 e. The fourth-order valence-electron chi connectivity index (χ4n) is 3.07. The van der Waals surface area contributed by atoms with Crippen molar-refractivity contribution in [1.29, 1.82) is 5.26 Å². The van der Waals surface area contributed by atoms with Gasteiger partial charge >= 0.3 is 12.3 Å².